The third kappa shape index (κ3) is 2.43. The number of hydrogen-bond donors (Lipinski definition) is 2. The van der Waals surface area contributed by atoms with Gasteiger partial charge in [-0.2, -0.15) is 0 Å². The van der Waals surface area contributed by atoms with Crippen LogP contribution in [0.4, 0.5) is 0 Å². The highest BCUT2D eigenvalue weighted by Crippen LogP contribution is 1.92. The largest absolute Gasteiger partial charge is 0.478 e. The second-order valence-corrected chi connectivity index (χ2v) is 1.60. The summed E-state index contributed by atoms with van der Waals surface area (Å²) in [4.78, 5) is 9.97. The number of carboxylic acids is 1. The van der Waals surface area contributed by atoms with E-state index in [0.717, 1.165) is 0 Å². The Morgan fingerprint density at radius 2 is 2.50 bits per heavy atom. The van der Waals surface area contributed by atoms with E-state index >= 15 is 0 Å². The van der Waals surface area contributed by atoms with Crippen molar-refractivity contribution in [2.45, 2.75) is 6.23 Å². The number of hydrogen-bond acceptors (Lipinski definition) is 3. The predicted molar refractivity (Wildman–Crippen MR) is 35.6 cm³/mol. The lowest BCUT2D eigenvalue weighted by molar-refractivity contribution is -0.144. The van der Waals surface area contributed by atoms with Gasteiger partial charge in [-0.15, -0.1) is 0 Å². The topological polar surface area (TPSA) is 58.6 Å². The highest BCUT2D eigenvalue weighted by molar-refractivity contribution is 14.1. The Balaban J connectivity index is 3.52. The molecule has 0 aliphatic rings. The Hall–Kier alpha value is 0.120. The van der Waals surface area contributed by atoms with Crippen molar-refractivity contribution < 1.29 is 13.0 Å². The van der Waals surface area contributed by atoms with Crippen LogP contribution in [0.1, 0.15) is 0 Å². The van der Waals surface area contributed by atoms with Gasteiger partial charge in [0.05, 0.1) is 0 Å². The van der Waals surface area contributed by atoms with Gasteiger partial charge < -0.3 is 5.11 Å². The monoisotopic (exact) mass is 231 g/mol. The minimum Gasteiger partial charge on any atom is -0.478 e. The lowest BCUT2D eigenvalue weighted by Crippen LogP contribution is -2.33. The minimum atomic E-state index is -1.01. The van der Waals surface area contributed by atoms with Gasteiger partial charge in [0, 0.05) is 0 Å². The van der Waals surface area contributed by atoms with Gasteiger partial charge in [-0.25, -0.2) is 4.79 Å². The lowest BCUT2D eigenvalue weighted by Gasteiger charge is -2.04. The van der Waals surface area contributed by atoms with Gasteiger partial charge in [0.15, 0.2) is 0 Å². The summed E-state index contributed by atoms with van der Waals surface area (Å²) < 4.78 is 4.42. The first-order valence-electron chi connectivity index (χ1n) is 1.90. The van der Waals surface area contributed by atoms with Crippen molar-refractivity contribution in [2.24, 2.45) is 0 Å². The summed E-state index contributed by atoms with van der Waals surface area (Å²) >= 11 is 1.52. The van der Waals surface area contributed by atoms with E-state index in [2.05, 4.69) is 8.38 Å². The number of halogens is 1. The first-order valence-corrected chi connectivity index (χ1v) is 2.78. The molecule has 0 aliphatic carbocycles. The molecule has 8 heavy (non-hydrogen) atoms. The molecule has 0 heterocycles. The molecule has 0 aromatic rings. The van der Waals surface area contributed by atoms with Crippen LogP contribution in [0, 0.1) is 0 Å². The van der Waals surface area contributed by atoms with Gasteiger partial charge in [-0.05, 0) is 7.05 Å². The Bertz CT molecular complexity index is 82.6. The van der Waals surface area contributed by atoms with Crippen molar-refractivity contribution in [2.75, 3.05) is 7.05 Å². The molecule has 0 rings (SSSR count). The Morgan fingerprint density at radius 1 is 2.00 bits per heavy atom. The molecule has 0 bridgehead atoms. The molecule has 0 aliphatic heterocycles. The average molecular weight is 231 g/mol. The summed E-state index contributed by atoms with van der Waals surface area (Å²) in [6.45, 7) is 0. The van der Waals surface area contributed by atoms with Crippen molar-refractivity contribution >= 4 is 29.0 Å². The van der Waals surface area contributed by atoms with Gasteiger partial charge in [0.1, 0.15) is 23.0 Å². The summed E-state index contributed by atoms with van der Waals surface area (Å²) in [5, 5.41) is 10.6. The SMILES string of the molecule is CNC(OI)C(=O)O. The Kier molecular flexibility index (Phi) is 4.11. The van der Waals surface area contributed by atoms with Gasteiger partial charge in [0.2, 0.25) is 6.23 Å². The minimum absolute atomic E-state index is 0.893. The zero-order valence-electron chi connectivity index (χ0n) is 4.22. The number of carboxylic acid groups (broad SMARTS) is 1. The van der Waals surface area contributed by atoms with Crippen molar-refractivity contribution in [3.05, 3.63) is 0 Å². The van der Waals surface area contributed by atoms with Crippen LogP contribution < -0.4 is 5.32 Å². The summed E-state index contributed by atoms with van der Waals surface area (Å²) in [5.74, 6) is -1.01. The maximum Gasteiger partial charge on any atom is 0.349 e. The molecular formula is C3H6INO3. The number of rotatable bonds is 3. The van der Waals surface area contributed by atoms with Crippen LogP contribution in [0.15, 0.2) is 0 Å². The molecule has 0 fully saturated rings. The first-order chi connectivity index (χ1) is 3.72. The highest BCUT2D eigenvalue weighted by Gasteiger charge is 2.12. The van der Waals surface area contributed by atoms with Crippen LogP contribution in [0.3, 0.4) is 0 Å². The second-order valence-electron chi connectivity index (χ2n) is 1.10. The van der Waals surface area contributed by atoms with Gasteiger partial charge in [-0.3, -0.25) is 8.38 Å². The molecule has 0 saturated carbocycles. The lowest BCUT2D eigenvalue weighted by atomic mass is 10.6. The van der Waals surface area contributed by atoms with Crippen molar-refractivity contribution in [3.63, 3.8) is 0 Å². The molecule has 0 spiro atoms. The molecule has 1 atom stereocenters. The van der Waals surface area contributed by atoms with Gasteiger partial charge >= 0.3 is 5.97 Å². The third-order valence-corrected chi connectivity index (χ3v) is 1.08. The number of carbonyl (C=O) groups is 1. The van der Waals surface area contributed by atoms with Crippen LogP contribution in [0.2, 0.25) is 0 Å². The fraction of sp³-hybridized carbons (Fsp3) is 0.667. The van der Waals surface area contributed by atoms with Crippen LogP contribution in [0.25, 0.3) is 0 Å². The quantitative estimate of drug-likeness (QED) is 0.529. The fourth-order valence-corrected chi connectivity index (χ4v) is 0.678. The summed E-state index contributed by atoms with van der Waals surface area (Å²) in [6, 6.07) is 0. The molecule has 0 radical (unpaired) electrons. The van der Waals surface area contributed by atoms with E-state index in [4.69, 9.17) is 5.11 Å². The van der Waals surface area contributed by atoms with Crippen LogP contribution in [-0.2, 0) is 7.86 Å². The molecule has 0 aromatic heterocycles. The van der Waals surface area contributed by atoms with Crippen molar-refractivity contribution in [1.29, 1.82) is 0 Å². The summed E-state index contributed by atoms with van der Waals surface area (Å²) in [5.41, 5.74) is 0. The van der Waals surface area contributed by atoms with E-state index in [-0.39, 0.29) is 0 Å². The smallest absolute Gasteiger partial charge is 0.349 e. The Labute approximate surface area is 60.9 Å². The molecule has 0 amide bonds. The first kappa shape index (κ1) is 8.12. The summed E-state index contributed by atoms with van der Waals surface area (Å²) in [6.07, 6.45) is -0.893. The highest BCUT2D eigenvalue weighted by atomic mass is 127. The predicted octanol–water partition coefficient (Wildman–Crippen LogP) is -0.0169. The molecule has 2 N–H and O–H groups in total. The van der Waals surface area contributed by atoms with E-state index < -0.39 is 12.2 Å². The molecule has 4 nitrogen and oxygen atoms in total. The fourth-order valence-electron chi connectivity index (χ4n) is 0.206. The summed E-state index contributed by atoms with van der Waals surface area (Å²) in [7, 11) is 1.51. The zero-order valence-corrected chi connectivity index (χ0v) is 6.38. The maximum absolute atomic E-state index is 9.97. The van der Waals surface area contributed by atoms with Crippen LogP contribution >= 0.6 is 23.0 Å². The molecule has 5 heteroatoms. The molecular weight excluding hydrogens is 225 g/mol. The van der Waals surface area contributed by atoms with E-state index in [9.17, 15) is 4.79 Å². The normalized spacial score (nSPS) is 13.2. The molecule has 1 unspecified atom stereocenters. The number of likely N-dealkylation sites (N-methyl/N-ethyl adjacent to an activating group) is 1. The maximum atomic E-state index is 9.97. The standard InChI is InChI=1S/C3H6INO3/c1-5-2(8-4)3(6)7/h2,5H,1H3,(H,6,7). The van der Waals surface area contributed by atoms with Crippen molar-refractivity contribution in [3.8, 4) is 0 Å². The van der Waals surface area contributed by atoms with E-state index in [1.165, 1.54) is 30.1 Å². The zero-order chi connectivity index (χ0) is 6.57. The number of nitrogens with one attached hydrogen (secondary N) is 1. The molecule has 0 aromatic carbocycles. The third-order valence-electron chi connectivity index (χ3n) is 0.576. The van der Waals surface area contributed by atoms with Gasteiger partial charge in [0.25, 0.3) is 0 Å². The van der Waals surface area contributed by atoms with Crippen LogP contribution in [0.5, 0.6) is 0 Å². The molecule has 48 valence electrons. The Morgan fingerprint density at radius 3 is 2.50 bits per heavy atom. The van der Waals surface area contributed by atoms with E-state index in [0.29, 0.717) is 0 Å². The van der Waals surface area contributed by atoms with Crippen molar-refractivity contribution in [1.82, 2.24) is 5.32 Å². The van der Waals surface area contributed by atoms with Gasteiger partial charge in [-0.1, -0.05) is 0 Å². The van der Waals surface area contributed by atoms with E-state index in [1.807, 2.05) is 0 Å². The number of aliphatic carboxylic acids is 1. The molecule has 0 saturated heterocycles. The average Bonchev–Trinajstić information content (AvgIpc) is 1.69. The second kappa shape index (κ2) is 4.04. The van der Waals surface area contributed by atoms with E-state index in [1.54, 1.807) is 0 Å². The van der Waals surface area contributed by atoms with Crippen LogP contribution in [-0.4, -0.2) is 24.4 Å².